The van der Waals surface area contributed by atoms with Gasteiger partial charge in [0.25, 0.3) is 0 Å². The Labute approximate surface area is 116 Å². The number of nitrogens with one attached hydrogen (secondary N) is 2. The molecule has 0 aromatic heterocycles. The Bertz CT molecular complexity index is 372. The minimum absolute atomic E-state index is 0.0374. The number of rotatable bonds is 8. The van der Waals surface area contributed by atoms with Crippen molar-refractivity contribution in [2.75, 3.05) is 33.4 Å². The Morgan fingerprint density at radius 1 is 1.28 bits per heavy atom. The van der Waals surface area contributed by atoms with Crippen LogP contribution in [0.25, 0.3) is 0 Å². The highest BCUT2D eigenvalue weighted by Crippen LogP contribution is 2.15. The van der Waals surface area contributed by atoms with Crippen LogP contribution in [0.15, 0.2) is 28.7 Å². The molecule has 0 aliphatic rings. The highest BCUT2D eigenvalue weighted by molar-refractivity contribution is 9.10. The molecule has 18 heavy (non-hydrogen) atoms. The topological polar surface area (TPSA) is 50.4 Å². The number of carbonyl (C=O) groups excluding carboxylic acids is 1. The SMILES string of the molecule is COCCNCCNC(=O)Cc1ccccc1Br. The largest absolute Gasteiger partial charge is 0.383 e. The fourth-order valence-corrected chi connectivity index (χ4v) is 1.89. The van der Waals surface area contributed by atoms with E-state index in [1.807, 2.05) is 24.3 Å². The molecule has 1 amide bonds. The van der Waals surface area contributed by atoms with Gasteiger partial charge < -0.3 is 15.4 Å². The van der Waals surface area contributed by atoms with Gasteiger partial charge in [0, 0.05) is 31.2 Å². The molecule has 0 heterocycles. The third-order valence-corrected chi connectivity index (χ3v) is 3.19. The lowest BCUT2D eigenvalue weighted by Crippen LogP contribution is -2.33. The first-order chi connectivity index (χ1) is 8.74. The van der Waals surface area contributed by atoms with Gasteiger partial charge in [-0.15, -0.1) is 0 Å². The Hall–Kier alpha value is -0.910. The van der Waals surface area contributed by atoms with Crippen molar-refractivity contribution in [3.05, 3.63) is 34.3 Å². The number of amides is 1. The molecule has 100 valence electrons. The fourth-order valence-electron chi connectivity index (χ4n) is 1.47. The van der Waals surface area contributed by atoms with Gasteiger partial charge in [-0.05, 0) is 11.6 Å². The highest BCUT2D eigenvalue weighted by Gasteiger charge is 2.05. The van der Waals surface area contributed by atoms with Crippen molar-refractivity contribution in [3.63, 3.8) is 0 Å². The van der Waals surface area contributed by atoms with Crippen LogP contribution in [0.4, 0.5) is 0 Å². The third kappa shape index (κ3) is 6.14. The summed E-state index contributed by atoms with van der Waals surface area (Å²) in [6.45, 7) is 2.87. The molecule has 0 spiro atoms. The van der Waals surface area contributed by atoms with Crippen LogP contribution < -0.4 is 10.6 Å². The predicted molar refractivity (Wildman–Crippen MR) is 75.6 cm³/mol. The molecule has 0 atom stereocenters. The average Bonchev–Trinajstić information content (AvgIpc) is 2.36. The zero-order valence-electron chi connectivity index (χ0n) is 10.5. The molecule has 0 unspecified atom stereocenters. The molecule has 0 bridgehead atoms. The van der Waals surface area contributed by atoms with Gasteiger partial charge in [0.15, 0.2) is 0 Å². The first-order valence-corrected chi connectivity index (χ1v) is 6.73. The molecule has 0 aliphatic carbocycles. The van der Waals surface area contributed by atoms with E-state index in [2.05, 4.69) is 26.6 Å². The van der Waals surface area contributed by atoms with Gasteiger partial charge in [-0.1, -0.05) is 34.1 Å². The van der Waals surface area contributed by atoms with E-state index >= 15 is 0 Å². The maximum Gasteiger partial charge on any atom is 0.224 e. The van der Waals surface area contributed by atoms with E-state index in [0.717, 1.165) is 23.1 Å². The first-order valence-electron chi connectivity index (χ1n) is 5.94. The summed E-state index contributed by atoms with van der Waals surface area (Å²) in [5.41, 5.74) is 1.00. The van der Waals surface area contributed by atoms with Crippen LogP contribution in [0.2, 0.25) is 0 Å². The van der Waals surface area contributed by atoms with E-state index in [-0.39, 0.29) is 5.91 Å². The smallest absolute Gasteiger partial charge is 0.224 e. The van der Waals surface area contributed by atoms with Crippen molar-refractivity contribution >= 4 is 21.8 Å². The van der Waals surface area contributed by atoms with Crippen molar-refractivity contribution in [3.8, 4) is 0 Å². The summed E-state index contributed by atoms with van der Waals surface area (Å²) in [4.78, 5) is 11.7. The summed E-state index contributed by atoms with van der Waals surface area (Å²) in [6.07, 6.45) is 0.402. The van der Waals surface area contributed by atoms with Gasteiger partial charge >= 0.3 is 0 Å². The van der Waals surface area contributed by atoms with Crippen LogP contribution in [-0.4, -0.2) is 39.3 Å². The molecule has 1 aromatic rings. The molecule has 0 aliphatic heterocycles. The average molecular weight is 315 g/mol. The van der Waals surface area contributed by atoms with E-state index in [9.17, 15) is 4.79 Å². The quantitative estimate of drug-likeness (QED) is 0.712. The number of ether oxygens (including phenoxy) is 1. The normalized spacial score (nSPS) is 10.3. The Morgan fingerprint density at radius 2 is 2.06 bits per heavy atom. The van der Waals surface area contributed by atoms with Gasteiger partial charge in [0.1, 0.15) is 0 Å². The first kappa shape index (κ1) is 15.1. The molecular formula is C13H19BrN2O2. The van der Waals surface area contributed by atoms with Crippen LogP contribution >= 0.6 is 15.9 Å². The van der Waals surface area contributed by atoms with Crippen LogP contribution in [0.5, 0.6) is 0 Å². The van der Waals surface area contributed by atoms with Crippen molar-refractivity contribution < 1.29 is 9.53 Å². The summed E-state index contributed by atoms with van der Waals surface area (Å²) in [5, 5.41) is 6.04. The second kappa shape index (κ2) is 9.08. The minimum atomic E-state index is 0.0374. The standard InChI is InChI=1S/C13H19BrN2O2/c1-18-9-8-15-6-7-16-13(17)10-11-4-2-3-5-12(11)14/h2-5,15H,6-10H2,1H3,(H,16,17). The summed E-state index contributed by atoms with van der Waals surface area (Å²) >= 11 is 3.43. The number of methoxy groups -OCH3 is 1. The summed E-state index contributed by atoms with van der Waals surface area (Å²) in [7, 11) is 1.67. The summed E-state index contributed by atoms with van der Waals surface area (Å²) in [5.74, 6) is 0.0374. The van der Waals surface area contributed by atoms with Crippen LogP contribution in [0.3, 0.4) is 0 Å². The number of hydrogen-bond acceptors (Lipinski definition) is 3. The minimum Gasteiger partial charge on any atom is -0.383 e. The zero-order valence-corrected chi connectivity index (χ0v) is 12.1. The number of benzene rings is 1. The monoisotopic (exact) mass is 314 g/mol. The highest BCUT2D eigenvalue weighted by atomic mass is 79.9. The molecule has 5 heteroatoms. The zero-order chi connectivity index (χ0) is 13.2. The van der Waals surface area contributed by atoms with E-state index in [0.29, 0.717) is 19.6 Å². The lowest BCUT2D eigenvalue weighted by Gasteiger charge is -2.07. The molecule has 1 rings (SSSR count). The van der Waals surface area contributed by atoms with Gasteiger partial charge in [-0.3, -0.25) is 4.79 Å². The van der Waals surface area contributed by atoms with E-state index < -0.39 is 0 Å². The fraction of sp³-hybridized carbons (Fsp3) is 0.462. The predicted octanol–water partition coefficient (Wildman–Crippen LogP) is 1.34. The summed E-state index contributed by atoms with van der Waals surface area (Å²) < 4.78 is 5.88. The van der Waals surface area contributed by atoms with Crippen molar-refractivity contribution in [2.45, 2.75) is 6.42 Å². The van der Waals surface area contributed by atoms with E-state index in [4.69, 9.17) is 4.74 Å². The van der Waals surface area contributed by atoms with E-state index in [1.54, 1.807) is 7.11 Å². The Balaban J connectivity index is 2.16. The Morgan fingerprint density at radius 3 is 2.78 bits per heavy atom. The molecule has 4 nitrogen and oxygen atoms in total. The maximum atomic E-state index is 11.7. The molecule has 0 fully saturated rings. The summed E-state index contributed by atoms with van der Waals surface area (Å²) in [6, 6.07) is 7.75. The second-order valence-corrected chi connectivity index (χ2v) is 4.72. The second-order valence-electron chi connectivity index (χ2n) is 3.86. The van der Waals surface area contributed by atoms with Gasteiger partial charge in [0.05, 0.1) is 13.0 Å². The number of carbonyl (C=O) groups is 1. The van der Waals surface area contributed by atoms with Gasteiger partial charge in [-0.2, -0.15) is 0 Å². The lowest BCUT2D eigenvalue weighted by atomic mass is 10.1. The molecular weight excluding hydrogens is 296 g/mol. The third-order valence-electron chi connectivity index (χ3n) is 2.42. The maximum absolute atomic E-state index is 11.7. The molecule has 0 saturated heterocycles. The lowest BCUT2D eigenvalue weighted by molar-refractivity contribution is -0.120. The van der Waals surface area contributed by atoms with Gasteiger partial charge in [0.2, 0.25) is 5.91 Å². The Kier molecular flexibility index (Phi) is 7.64. The van der Waals surface area contributed by atoms with Crippen molar-refractivity contribution in [1.82, 2.24) is 10.6 Å². The van der Waals surface area contributed by atoms with Crippen LogP contribution in [0.1, 0.15) is 5.56 Å². The number of halogens is 1. The molecule has 1 aromatic carbocycles. The van der Waals surface area contributed by atoms with Crippen molar-refractivity contribution in [1.29, 1.82) is 0 Å². The molecule has 0 saturated carbocycles. The molecule has 0 radical (unpaired) electrons. The van der Waals surface area contributed by atoms with Gasteiger partial charge in [-0.25, -0.2) is 0 Å². The van der Waals surface area contributed by atoms with Crippen molar-refractivity contribution in [2.24, 2.45) is 0 Å². The molecule has 2 N–H and O–H groups in total. The van der Waals surface area contributed by atoms with Crippen LogP contribution in [0, 0.1) is 0 Å². The van der Waals surface area contributed by atoms with E-state index in [1.165, 1.54) is 0 Å². The number of hydrogen-bond donors (Lipinski definition) is 2. The van der Waals surface area contributed by atoms with Crippen LogP contribution in [-0.2, 0) is 16.0 Å².